The van der Waals surface area contributed by atoms with E-state index in [9.17, 15) is 4.79 Å². The fraction of sp³-hybridized carbons (Fsp3) is 0.471. The Kier molecular flexibility index (Phi) is 4.64. The summed E-state index contributed by atoms with van der Waals surface area (Å²) in [5.41, 5.74) is -0.202. The van der Waals surface area contributed by atoms with Gasteiger partial charge in [0.1, 0.15) is 11.9 Å². The van der Waals surface area contributed by atoms with Crippen LogP contribution in [0.15, 0.2) is 30.3 Å². The number of morpholine rings is 1. The second kappa shape index (κ2) is 6.70. The first-order valence-electron chi connectivity index (χ1n) is 7.95. The van der Waals surface area contributed by atoms with Crippen LogP contribution in [0, 0.1) is 6.92 Å². The smallest absolute Gasteiger partial charge is 0.259 e. The molecule has 1 saturated heterocycles. The summed E-state index contributed by atoms with van der Waals surface area (Å²) in [7, 11) is 1.56. The number of hydrogen-bond donors (Lipinski definition) is 1. The van der Waals surface area contributed by atoms with Crippen molar-refractivity contribution in [2.75, 3.05) is 26.8 Å². The van der Waals surface area contributed by atoms with E-state index < -0.39 is 5.60 Å². The molecule has 0 bridgehead atoms. The maximum absolute atomic E-state index is 13.1. The summed E-state index contributed by atoms with van der Waals surface area (Å²) in [5, 5.41) is 6.95. The monoisotopic (exact) mass is 330 g/mol. The number of nitrogens with zero attached hydrogens (tertiary/aromatic N) is 3. The topological polar surface area (TPSA) is 80.3 Å². The number of benzene rings is 1. The molecule has 1 aliphatic heterocycles. The molecule has 1 aromatic heterocycles. The van der Waals surface area contributed by atoms with E-state index in [1.165, 1.54) is 0 Å². The molecule has 7 nitrogen and oxygen atoms in total. The zero-order chi connectivity index (χ0) is 17.2. The molecule has 0 saturated carbocycles. The molecule has 1 fully saturated rings. The molecule has 1 N–H and O–H groups in total. The van der Waals surface area contributed by atoms with Crippen molar-refractivity contribution in [2.45, 2.75) is 25.6 Å². The van der Waals surface area contributed by atoms with E-state index in [4.69, 9.17) is 9.47 Å². The van der Waals surface area contributed by atoms with Crippen LogP contribution in [0.3, 0.4) is 0 Å². The molecule has 24 heavy (non-hydrogen) atoms. The number of ether oxygens (including phenoxy) is 2. The van der Waals surface area contributed by atoms with Crippen molar-refractivity contribution >= 4 is 5.91 Å². The molecule has 128 valence electrons. The predicted molar refractivity (Wildman–Crippen MR) is 87.2 cm³/mol. The van der Waals surface area contributed by atoms with Crippen LogP contribution in [-0.2, 0) is 19.9 Å². The highest BCUT2D eigenvalue weighted by atomic mass is 16.5. The number of nitrogens with one attached hydrogen (secondary N) is 1. The number of aryl methyl sites for hydroxylation is 1. The highest BCUT2D eigenvalue weighted by molar-refractivity contribution is 5.86. The van der Waals surface area contributed by atoms with Gasteiger partial charge in [-0.15, -0.1) is 0 Å². The first-order valence-corrected chi connectivity index (χ1v) is 7.95. The Morgan fingerprint density at radius 3 is 2.79 bits per heavy atom. The molecule has 3 rings (SSSR count). The summed E-state index contributed by atoms with van der Waals surface area (Å²) >= 11 is 0. The lowest BCUT2D eigenvalue weighted by atomic mass is 9.93. The van der Waals surface area contributed by atoms with Gasteiger partial charge in [0.15, 0.2) is 11.4 Å². The van der Waals surface area contributed by atoms with Crippen LogP contribution in [0.4, 0.5) is 0 Å². The molecular weight excluding hydrogens is 308 g/mol. The number of carbonyl (C=O) groups is 1. The predicted octanol–water partition coefficient (Wildman–Crippen LogP) is 1.57. The summed E-state index contributed by atoms with van der Waals surface area (Å²) in [5.74, 6) is 1.21. The Labute approximate surface area is 141 Å². The van der Waals surface area contributed by atoms with E-state index in [2.05, 4.69) is 15.2 Å². The average molecular weight is 330 g/mol. The first-order chi connectivity index (χ1) is 11.5. The number of aromatic nitrogens is 3. The minimum Gasteiger partial charge on any atom is -0.366 e. The van der Waals surface area contributed by atoms with Crippen molar-refractivity contribution in [1.29, 1.82) is 0 Å². The Morgan fingerprint density at radius 2 is 2.17 bits per heavy atom. The number of hydrogen-bond acceptors (Lipinski definition) is 5. The summed E-state index contributed by atoms with van der Waals surface area (Å²) in [6, 6.07) is 9.52. The molecule has 1 aromatic carbocycles. The van der Waals surface area contributed by atoms with E-state index in [1.54, 1.807) is 18.9 Å². The third kappa shape index (κ3) is 3.05. The van der Waals surface area contributed by atoms with Crippen LogP contribution in [0.5, 0.6) is 0 Å². The van der Waals surface area contributed by atoms with E-state index in [0.717, 1.165) is 11.4 Å². The van der Waals surface area contributed by atoms with Crippen molar-refractivity contribution in [1.82, 2.24) is 20.1 Å². The van der Waals surface area contributed by atoms with Gasteiger partial charge in [-0.25, -0.2) is 4.98 Å². The van der Waals surface area contributed by atoms with Crippen molar-refractivity contribution in [3.05, 3.63) is 47.5 Å². The third-order valence-corrected chi connectivity index (χ3v) is 4.40. The van der Waals surface area contributed by atoms with Gasteiger partial charge in [0.2, 0.25) is 0 Å². The lowest BCUT2D eigenvalue weighted by Gasteiger charge is -2.37. The molecular formula is C17H22N4O3. The highest BCUT2D eigenvalue weighted by Crippen LogP contribution is 2.29. The average Bonchev–Trinajstić information content (AvgIpc) is 3.07. The lowest BCUT2D eigenvalue weighted by molar-refractivity contribution is -0.162. The molecule has 2 heterocycles. The highest BCUT2D eigenvalue weighted by Gasteiger charge is 2.40. The van der Waals surface area contributed by atoms with E-state index >= 15 is 0 Å². The molecule has 2 aromatic rings. The molecule has 0 spiro atoms. The Morgan fingerprint density at radius 1 is 1.42 bits per heavy atom. The normalized spacial score (nSPS) is 20.6. The summed E-state index contributed by atoms with van der Waals surface area (Å²) in [6.07, 6.45) is -0.329. The fourth-order valence-electron chi connectivity index (χ4n) is 2.88. The van der Waals surface area contributed by atoms with Crippen molar-refractivity contribution in [3.8, 4) is 0 Å². The van der Waals surface area contributed by atoms with Gasteiger partial charge in [0, 0.05) is 13.7 Å². The van der Waals surface area contributed by atoms with Gasteiger partial charge in [-0.3, -0.25) is 9.89 Å². The Balaban J connectivity index is 1.80. The quantitative estimate of drug-likeness (QED) is 0.920. The second-order valence-corrected chi connectivity index (χ2v) is 5.99. The van der Waals surface area contributed by atoms with Gasteiger partial charge in [0.05, 0.1) is 13.2 Å². The molecule has 7 heteroatoms. The first kappa shape index (κ1) is 16.6. The zero-order valence-electron chi connectivity index (χ0n) is 14.2. The largest absolute Gasteiger partial charge is 0.366 e. The van der Waals surface area contributed by atoms with Crippen LogP contribution < -0.4 is 0 Å². The maximum Gasteiger partial charge on any atom is 0.259 e. The Hall–Kier alpha value is -2.25. The molecule has 0 aliphatic carbocycles. The summed E-state index contributed by atoms with van der Waals surface area (Å²) in [6.45, 7) is 5.00. The maximum atomic E-state index is 13.1. The Bertz CT molecular complexity index is 703. The summed E-state index contributed by atoms with van der Waals surface area (Å²) < 4.78 is 11.3. The number of amides is 1. The molecule has 2 atom stereocenters. The molecule has 1 amide bonds. The molecule has 0 unspecified atom stereocenters. The second-order valence-electron chi connectivity index (χ2n) is 5.99. The zero-order valence-corrected chi connectivity index (χ0v) is 14.2. The molecule has 0 radical (unpaired) electrons. The van der Waals surface area contributed by atoms with E-state index in [0.29, 0.717) is 25.5 Å². The van der Waals surface area contributed by atoms with Crippen molar-refractivity contribution < 1.29 is 14.3 Å². The SMILES string of the molecule is CO[C@@](C)(C(=O)N1CCO[C@@H](c2n[nH]c(C)n2)C1)c1ccccc1. The molecule has 1 aliphatic rings. The van der Waals surface area contributed by atoms with Crippen molar-refractivity contribution in [3.63, 3.8) is 0 Å². The number of carbonyl (C=O) groups excluding carboxylic acids is 1. The standard InChI is InChI=1S/C17H22N4O3/c1-12-18-15(20-19-12)14-11-21(9-10-24-14)16(22)17(2,23-3)13-7-5-4-6-8-13/h4-8,14H,9-11H2,1-3H3,(H,18,19,20)/t14-,17-/m1/s1. The lowest BCUT2D eigenvalue weighted by Crippen LogP contribution is -2.51. The van der Waals surface area contributed by atoms with Gasteiger partial charge >= 0.3 is 0 Å². The fourth-order valence-corrected chi connectivity index (χ4v) is 2.88. The van der Waals surface area contributed by atoms with Gasteiger partial charge in [-0.1, -0.05) is 30.3 Å². The van der Waals surface area contributed by atoms with Crippen LogP contribution >= 0.6 is 0 Å². The number of H-pyrrole nitrogens is 1. The van der Waals surface area contributed by atoms with Gasteiger partial charge < -0.3 is 14.4 Å². The summed E-state index contributed by atoms with van der Waals surface area (Å²) in [4.78, 5) is 19.2. The third-order valence-electron chi connectivity index (χ3n) is 4.40. The van der Waals surface area contributed by atoms with Crippen LogP contribution in [0.25, 0.3) is 0 Å². The van der Waals surface area contributed by atoms with Gasteiger partial charge in [0.25, 0.3) is 5.91 Å². The van der Waals surface area contributed by atoms with Crippen LogP contribution in [-0.4, -0.2) is 52.8 Å². The number of aromatic amines is 1. The minimum atomic E-state index is -1.03. The van der Waals surface area contributed by atoms with Gasteiger partial charge in [-0.05, 0) is 19.4 Å². The van der Waals surface area contributed by atoms with Crippen molar-refractivity contribution in [2.24, 2.45) is 0 Å². The van der Waals surface area contributed by atoms with Crippen LogP contribution in [0.2, 0.25) is 0 Å². The van der Waals surface area contributed by atoms with E-state index in [-0.39, 0.29) is 12.0 Å². The van der Waals surface area contributed by atoms with E-state index in [1.807, 2.05) is 37.3 Å². The number of methoxy groups -OCH3 is 1. The van der Waals surface area contributed by atoms with Gasteiger partial charge in [-0.2, -0.15) is 5.10 Å². The minimum absolute atomic E-state index is 0.0863. The number of rotatable bonds is 4. The van der Waals surface area contributed by atoms with Crippen LogP contribution in [0.1, 0.15) is 30.2 Å².